The molecule has 33 heavy (non-hydrogen) atoms. The van der Waals surface area contributed by atoms with Gasteiger partial charge in [-0.15, -0.1) is 0 Å². The number of rotatable bonds is 5. The first-order chi connectivity index (χ1) is 15.0. The molecule has 0 fully saturated rings. The fourth-order valence-electron chi connectivity index (χ4n) is 2.77. The number of halogens is 7. The molecule has 4 nitrogen and oxygen atoms in total. The minimum Gasteiger partial charge on any atom is -0.444 e. The average Bonchev–Trinajstić information content (AvgIpc) is 2.65. The number of carbonyl (C=O) groups excluding carboxylic acids is 2. The predicted octanol–water partition coefficient (Wildman–Crippen LogP) is 6.16. The Labute approximate surface area is 184 Å². The van der Waals surface area contributed by atoms with Crippen LogP contribution in [0.2, 0.25) is 0 Å². The van der Waals surface area contributed by atoms with E-state index in [1.807, 2.05) is 0 Å². The van der Waals surface area contributed by atoms with Crippen LogP contribution in [-0.4, -0.2) is 24.0 Å². The minimum absolute atomic E-state index is 0.0695. The van der Waals surface area contributed by atoms with Crippen LogP contribution in [0.4, 0.5) is 35.5 Å². The first-order valence-corrected chi connectivity index (χ1v) is 9.57. The summed E-state index contributed by atoms with van der Waals surface area (Å²) in [4.78, 5) is 24.3. The summed E-state index contributed by atoms with van der Waals surface area (Å²) < 4.78 is 97.5. The Bertz CT molecular complexity index is 1010. The molecule has 0 aliphatic rings. The molecular formula is C22H20F7NO3. The van der Waals surface area contributed by atoms with Crippen LogP contribution >= 0.6 is 0 Å². The second-order valence-electron chi connectivity index (χ2n) is 8.11. The number of ether oxygens (including phenoxy) is 1. The normalized spacial score (nSPS) is 12.4. The highest BCUT2D eigenvalue weighted by atomic mass is 19.4. The lowest BCUT2D eigenvalue weighted by Crippen LogP contribution is -2.33. The summed E-state index contributed by atoms with van der Waals surface area (Å²) >= 11 is 0. The van der Waals surface area contributed by atoms with E-state index < -0.39 is 52.3 Å². The zero-order chi connectivity index (χ0) is 25.2. The Morgan fingerprint density at radius 2 is 1.39 bits per heavy atom. The highest BCUT2D eigenvalue weighted by Gasteiger charge is 2.37. The van der Waals surface area contributed by atoms with E-state index in [2.05, 4.69) is 5.32 Å². The van der Waals surface area contributed by atoms with Gasteiger partial charge in [-0.1, -0.05) is 0 Å². The molecular weight excluding hydrogens is 459 g/mol. The number of hydrogen-bond acceptors (Lipinski definition) is 3. The number of hydrogen-bond donors (Lipinski definition) is 1. The van der Waals surface area contributed by atoms with E-state index >= 15 is 0 Å². The zero-order valence-corrected chi connectivity index (χ0v) is 17.7. The van der Waals surface area contributed by atoms with Gasteiger partial charge in [0.2, 0.25) is 0 Å². The van der Waals surface area contributed by atoms with Gasteiger partial charge >= 0.3 is 18.4 Å². The molecule has 0 unspecified atom stereocenters. The summed E-state index contributed by atoms with van der Waals surface area (Å²) in [6, 6.07) is 3.37. The molecule has 2 rings (SSSR count). The fourth-order valence-corrected chi connectivity index (χ4v) is 2.77. The van der Waals surface area contributed by atoms with E-state index in [4.69, 9.17) is 4.74 Å². The van der Waals surface area contributed by atoms with Gasteiger partial charge in [0.05, 0.1) is 11.1 Å². The van der Waals surface area contributed by atoms with Crippen molar-refractivity contribution >= 4 is 11.9 Å². The molecule has 0 heterocycles. The molecule has 2 aromatic rings. The van der Waals surface area contributed by atoms with E-state index in [0.29, 0.717) is 12.1 Å². The number of carbonyl (C=O) groups is 2. The molecule has 1 N–H and O–H groups in total. The van der Waals surface area contributed by atoms with Crippen molar-refractivity contribution in [1.29, 1.82) is 0 Å². The molecule has 0 saturated carbocycles. The topological polar surface area (TPSA) is 55.4 Å². The summed E-state index contributed by atoms with van der Waals surface area (Å²) in [7, 11) is 0. The molecule has 0 radical (unpaired) electrons. The second-order valence-corrected chi connectivity index (χ2v) is 8.11. The van der Waals surface area contributed by atoms with Gasteiger partial charge in [-0.2, -0.15) is 26.3 Å². The molecule has 0 bridgehead atoms. The van der Waals surface area contributed by atoms with E-state index in [9.17, 15) is 40.3 Å². The third kappa shape index (κ3) is 7.47. The Kier molecular flexibility index (Phi) is 7.45. The molecule has 180 valence electrons. The molecule has 11 heteroatoms. The number of alkyl halides is 6. The first kappa shape index (κ1) is 26.1. The molecule has 0 spiro atoms. The molecule has 0 aliphatic carbocycles. The van der Waals surface area contributed by atoms with Crippen molar-refractivity contribution in [2.24, 2.45) is 0 Å². The number of amides is 1. The number of benzene rings is 2. The fraction of sp³-hybridized carbons (Fsp3) is 0.364. The van der Waals surface area contributed by atoms with Crippen molar-refractivity contribution < 1.29 is 45.1 Å². The summed E-state index contributed by atoms with van der Waals surface area (Å²) in [5, 5.41) is 2.38. The van der Waals surface area contributed by atoms with Crippen LogP contribution in [0.3, 0.4) is 0 Å². The van der Waals surface area contributed by atoms with Gasteiger partial charge < -0.3 is 10.1 Å². The summed E-state index contributed by atoms with van der Waals surface area (Å²) in [5.74, 6) is -1.91. The van der Waals surface area contributed by atoms with Gasteiger partial charge in [0.25, 0.3) is 0 Å². The lowest BCUT2D eigenvalue weighted by Gasteiger charge is -2.19. The largest absolute Gasteiger partial charge is 0.444 e. The summed E-state index contributed by atoms with van der Waals surface area (Å²) in [6.07, 6.45) is -11.1. The van der Waals surface area contributed by atoms with Crippen LogP contribution in [0.25, 0.3) is 0 Å². The monoisotopic (exact) mass is 479 g/mol. The van der Waals surface area contributed by atoms with Crippen molar-refractivity contribution in [2.45, 2.75) is 45.1 Å². The zero-order valence-electron chi connectivity index (χ0n) is 17.7. The van der Waals surface area contributed by atoms with E-state index in [-0.39, 0.29) is 30.2 Å². The Hall–Kier alpha value is -3.11. The van der Waals surface area contributed by atoms with Crippen LogP contribution in [0.5, 0.6) is 0 Å². The number of ketones is 1. The third-order valence-corrected chi connectivity index (χ3v) is 4.22. The van der Waals surface area contributed by atoms with E-state index in [0.717, 1.165) is 18.2 Å². The number of alkyl carbamates (subject to hydrolysis) is 1. The lowest BCUT2D eigenvalue weighted by atomic mass is 9.96. The summed E-state index contributed by atoms with van der Waals surface area (Å²) in [6.45, 7) is 4.82. The maximum Gasteiger partial charge on any atom is 0.416 e. The second kappa shape index (κ2) is 9.40. The Morgan fingerprint density at radius 3 is 1.88 bits per heavy atom. The van der Waals surface area contributed by atoms with Gasteiger partial charge in [-0.25, -0.2) is 9.18 Å². The maximum atomic E-state index is 14.1. The van der Waals surface area contributed by atoms with E-state index in [1.54, 1.807) is 20.8 Å². The summed E-state index contributed by atoms with van der Waals surface area (Å²) in [5.41, 5.74) is -5.26. The van der Waals surface area contributed by atoms with Gasteiger partial charge in [0.1, 0.15) is 11.4 Å². The van der Waals surface area contributed by atoms with Crippen molar-refractivity contribution in [3.8, 4) is 0 Å². The third-order valence-electron chi connectivity index (χ3n) is 4.22. The quantitative estimate of drug-likeness (QED) is 0.413. The van der Waals surface area contributed by atoms with Crippen molar-refractivity contribution in [1.82, 2.24) is 5.32 Å². The smallest absolute Gasteiger partial charge is 0.416 e. The molecule has 0 saturated heterocycles. The maximum absolute atomic E-state index is 14.1. The molecule has 0 aromatic heterocycles. The van der Waals surface area contributed by atoms with Crippen LogP contribution in [-0.2, 0) is 23.5 Å². The van der Waals surface area contributed by atoms with Crippen LogP contribution in [0.15, 0.2) is 36.4 Å². The lowest BCUT2D eigenvalue weighted by molar-refractivity contribution is -0.143. The number of nitrogens with one attached hydrogen (secondary N) is 1. The van der Waals surface area contributed by atoms with Crippen molar-refractivity contribution in [3.05, 3.63) is 70.0 Å². The first-order valence-electron chi connectivity index (χ1n) is 9.57. The van der Waals surface area contributed by atoms with Gasteiger partial charge in [0, 0.05) is 17.7 Å². The van der Waals surface area contributed by atoms with Gasteiger partial charge in [-0.05, 0) is 69.2 Å². The highest BCUT2D eigenvalue weighted by Crippen LogP contribution is 2.36. The molecule has 0 aliphatic heterocycles. The minimum atomic E-state index is -5.11. The predicted molar refractivity (Wildman–Crippen MR) is 104 cm³/mol. The van der Waals surface area contributed by atoms with Crippen LogP contribution in [0.1, 0.15) is 53.4 Å². The molecule has 2 aromatic carbocycles. The van der Waals surface area contributed by atoms with Crippen LogP contribution in [0, 0.1) is 5.82 Å². The molecule has 0 atom stereocenters. The SMILES string of the molecule is CC(C)(C)OC(=O)NCCc1cc(C(=O)c2cc(C(F)(F)F)cc(C(F)(F)F)c2)ccc1F. The standard InChI is InChI=1S/C22H20F7NO3/c1-20(2,3)33-19(32)30-7-6-12-8-13(4-5-17(12)23)18(31)14-9-15(21(24,25)26)11-16(10-14)22(27,28)29/h4-5,8-11H,6-7H2,1-3H3,(H,30,32). The Morgan fingerprint density at radius 1 is 0.848 bits per heavy atom. The van der Waals surface area contributed by atoms with Gasteiger partial charge in [0.15, 0.2) is 5.78 Å². The van der Waals surface area contributed by atoms with Crippen molar-refractivity contribution in [3.63, 3.8) is 0 Å². The van der Waals surface area contributed by atoms with Crippen molar-refractivity contribution in [2.75, 3.05) is 6.54 Å². The average molecular weight is 479 g/mol. The Balaban J connectivity index is 2.29. The van der Waals surface area contributed by atoms with E-state index in [1.165, 1.54) is 0 Å². The van der Waals surface area contributed by atoms with Crippen LogP contribution < -0.4 is 5.32 Å². The molecule has 1 amide bonds. The highest BCUT2D eigenvalue weighted by molar-refractivity contribution is 6.09. The van der Waals surface area contributed by atoms with Gasteiger partial charge in [-0.3, -0.25) is 4.79 Å².